The molecular weight excluding hydrogens is 1550 g/mol. The number of hydrogen-bond donors (Lipinski definition) is 8. The average Bonchev–Trinajstić information content (AvgIpc) is 1.57. The number of para-hydroxylation sites is 3. The molecule has 0 aliphatic carbocycles. The van der Waals surface area contributed by atoms with Crippen molar-refractivity contribution in [2.45, 2.75) is 173 Å². The Morgan fingerprint density at radius 1 is 0.492 bits per heavy atom. The molecule has 0 spiro atoms. The zero-order chi connectivity index (χ0) is 86.7. The second-order valence-corrected chi connectivity index (χ2v) is 29.2. The number of fused-ring (bicyclic) bond motifs is 2. The molecule has 7 aromatic heterocycles. The molecule has 8 heterocycles. The van der Waals surface area contributed by atoms with Crippen LogP contribution in [0, 0.1) is 34.6 Å². The molecule has 1 fully saturated rings. The third-order valence-electron chi connectivity index (χ3n) is 18.2. The lowest BCUT2D eigenvalue weighted by Crippen LogP contribution is -2.48. The molecule has 0 radical (unpaired) electrons. The Morgan fingerprint density at radius 2 is 0.924 bits per heavy atom. The maximum Gasteiger partial charge on any atom is 0.277 e. The number of carbonyl (C=O) groups excluding carboxylic acids is 5. The zero-order valence-corrected chi connectivity index (χ0v) is 71.4. The number of piperazine rings is 1. The smallest absolute Gasteiger partial charge is 0.277 e. The third-order valence-corrected chi connectivity index (χ3v) is 20.3. The van der Waals surface area contributed by atoms with Crippen LogP contribution < -0.4 is 58.5 Å². The maximum atomic E-state index is 13.4. The molecule has 1 aliphatic heterocycles. The normalized spacial score (nSPS) is 12.0. The van der Waals surface area contributed by atoms with Crippen molar-refractivity contribution in [3.05, 3.63) is 198 Å². The van der Waals surface area contributed by atoms with Crippen LogP contribution in [0.15, 0.2) is 105 Å². The quantitative estimate of drug-likeness (QED) is 0.0159. The van der Waals surface area contributed by atoms with Gasteiger partial charge in [-0.15, -0.1) is 10.2 Å². The number of ether oxygens (including phenoxy) is 4. The topological polar surface area (TPSA) is 469 Å². The highest BCUT2D eigenvalue weighted by Gasteiger charge is 2.31. The van der Waals surface area contributed by atoms with Gasteiger partial charge < -0.3 is 61.8 Å². The Labute approximate surface area is 690 Å². The number of likely N-dealkylation sites (N-methyl/N-ethyl adjacent to an activating group) is 1. The van der Waals surface area contributed by atoms with Gasteiger partial charge in [0.1, 0.15) is 63.5 Å². The van der Waals surface area contributed by atoms with E-state index in [-0.39, 0.29) is 27.5 Å². The Morgan fingerprint density at radius 3 is 1.40 bits per heavy atom. The second-order valence-electron chi connectivity index (χ2n) is 26.9. The van der Waals surface area contributed by atoms with Crippen LogP contribution in [-0.2, 0) is 42.1 Å². The number of nitrogens with two attached hydrogens (primary N) is 4. The average molecular weight is 1670 g/mol. The van der Waals surface area contributed by atoms with Gasteiger partial charge in [0.05, 0.1) is 76.4 Å². The number of aromatic amines is 3. The summed E-state index contributed by atoms with van der Waals surface area (Å²) in [5.74, 6) is 10.1. The van der Waals surface area contributed by atoms with Crippen molar-refractivity contribution in [2.75, 3.05) is 70.4 Å². The van der Waals surface area contributed by atoms with Crippen LogP contribution >= 0.6 is 11.6 Å². The molecule has 12 rings (SSSR count). The summed E-state index contributed by atoms with van der Waals surface area (Å²) in [7, 11) is -3.71. The van der Waals surface area contributed by atoms with Crippen LogP contribution in [0.5, 0.6) is 23.0 Å². The molecular formula is C82H110ClN21O13S. The number of sulfonamides is 1. The molecule has 1 saturated heterocycles. The van der Waals surface area contributed by atoms with Crippen molar-refractivity contribution >= 4 is 61.5 Å². The number of carbonyl (C=O) groups is 5. The lowest BCUT2D eigenvalue weighted by Gasteiger charge is -2.33. The number of H-pyrrole nitrogens is 3. The summed E-state index contributed by atoms with van der Waals surface area (Å²) < 4.78 is 56.3. The standard InChI is InChI=1S/C23H32N6O4S.C17H22N4O3.C17H20N4O2.C9H9ClO2.C8H14N4O.C8H13N3O/c1-5-8-20-24-16(4)21-23(30)25-22(26-29(20)21)18-15-17(9-10-19(18)33-7-3)34(31,32)28-13-11-27(6-2)12-14-28;1-4-8-14-19-11(3)15(16(18)22)21(14)20-17(23)12-9-6-7-10-13(12)24-5-2;1-4-8-14-18-11(3)15-17(22)19-16(20-21(14)15)12-9-6-7-10-13(12)23-5-2;1-2-12-8-6-4-3-5-7(8)9(10)11;1-3-4-6-11-5(2)7(8(9)13)12(6)10;1-3-4-6-10-5(2)7(11-6)8(9)12/h9-10,15H,5-8,11-14H2,1-4H3,(H,25,26,30);6-7,9-10H,4-5,8H2,1-3H3,(H2,18,22)(H,20,23);6-7,9-10H,4-5,8H2,1-3H3,(H,19,20,22);3-6H,2H2,1H3;3-4,10H2,1-2H3,(H2,9,13);3-4H2,1-2H3,(H2,9,12)(H,10,11). The van der Waals surface area contributed by atoms with Crippen molar-refractivity contribution < 1.29 is 51.3 Å². The van der Waals surface area contributed by atoms with Gasteiger partial charge in [0.25, 0.3) is 40.0 Å². The fraction of sp³-hybridized carbons (Fsp3) is 0.415. The van der Waals surface area contributed by atoms with Gasteiger partial charge in [0.2, 0.25) is 10.0 Å². The number of halogens is 1. The molecule has 34 nitrogen and oxygen atoms in total. The summed E-state index contributed by atoms with van der Waals surface area (Å²) in [5, 5.41) is 8.77. The Balaban J connectivity index is 0.000000205. The van der Waals surface area contributed by atoms with Gasteiger partial charge in [0, 0.05) is 64.0 Å². The van der Waals surface area contributed by atoms with Crippen molar-refractivity contribution in [1.82, 2.24) is 77.7 Å². The fourth-order valence-electron chi connectivity index (χ4n) is 12.8. The maximum absolute atomic E-state index is 13.4. The molecule has 36 heteroatoms. The molecule has 1 aliphatic rings. The summed E-state index contributed by atoms with van der Waals surface area (Å²) in [6, 6.07) is 26.1. The molecule has 11 aromatic rings. The SMILES string of the molecule is CCCc1nc(C(N)=O)c(C)[nH]1.CCCc1nc(C)c(C(N)=O)n1N.CCCc1nc(C)c(C(N)=O)n1NC(=O)c1ccccc1OCC.CCCc1nc(C)c2c(=O)[nH]c(-c3cc(S(=O)(=O)N4CCN(CC)CC4)ccc3OCC)nn12.CCCc1nc(C)c2c(=O)[nH]c(-c3ccccc3OCC)nn12.CCOc1ccccc1C(=O)Cl. The largest absolute Gasteiger partial charge is 0.493 e. The minimum atomic E-state index is -3.71. The first-order valence-electron chi connectivity index (χ1n) is 39.4. The van der Waals surface area contributed by atoms with Gasteiger partial charge >= 0.3 is 0 Å². The highest BCUT2D eigenvalue weighted by molar-refractivity contribution is 7.89. The number of aryl methyl sites for hydroxylation is 10. The van der Waals surface area contributed by atoms with Gasteiger partial charge in [-0.3, -0.25) is 39.0 Å². The summed E-state index contributed by atoms with van der Waals surface area (Å²) in [6.45, 7) is 33.6. The lowest BCUT2D eigenvalue weighted by atomic mass is 10.2. The first-order valence-corrected chi connectivity index (χ1v) is 41.2. The molecule has 0 atom stereocenters. The van der Waals surface area contributed by atoms with E-state index in [1.54, 1.807) is 103 Å². The summed E-state index contributed by atoms with van der Waals surface area (Å²) >= 11 is 5.33. The van der Waals surface area contributed by atoms with E-state index in [4.69, 9.17) is 53.6 Å². The van der Waals surface area contributed by atoms with Crippen molar-refractivity contribution in [3.63, 3.8) is 0 Å². The Kier molecular flexibility index (Phi) is 35.0. The molecule has 12 N–H and O–H groups in total. The van der Waals surface area contributed by atoms with Crippen LogP contribution in [0.4, 0.5) is 0 Å². The first kappa shape index (κ1) is 93.1. The van der Waals surface area contributed by atoms with Crippen molar-refractivity contribution in [1.29, 1.82) is 0 Å². The van der Waals surface area contributed by atoms with Gasteiger partial charge in [-0.2, -0.15) is 4.31 Å². The number of aromatic nitrogens is 14. The van der Waals surface area contributed by atoms with E-state index < -0.39 is 38.9 Å². The predicted octanol–water partition coefficient (Wildman–Crippen LogP) is 10.0. The van der Waals surface area contributed by atoms with Gasteiger partial charge in [-0.1, -0.05) is 77.9 Å². The van der Waals surface area contributed by atoms with Gasteiger partial charge in [-0.05, 0) is 167 Å². The zero-order valence-electron chi connectivity index (χ0n) is 69.8. The van der Waals surface area contributed by atoms with E-state index in [1.165, 1.54) is 13.7 Å². The van der Waals surface area contributed by atoms with E-state index in [0.717, 1.165) is 80.8 Å². The number of benzene rings is 4. The number of nitrogen functional groups attached to an aromatic ring is 1. The molecule has 634 valence electrons. The van der Waals surface area contributed by atoms with Crippen LogP contribution in [0.25, 0.3) is 33.8 Å². The fourth-order valence-corrected chi connectivity index (χ4v) is 14.4. The van der Waals surface area contributed by atoms with Gasteiger partial charge in [0.15, 0.2) is 28.4 Å². The predicted molar refractivity (Wildman–Crippen MR) is 453 cm³/mol. The highest BCUT2D eigenvalue weighted by atomic mass is 35.5. The number of nitrogens with one attached hydrogen (secondary N) is 4. The summed E-state index contributed by atoms with van der Waals surface area (Å²) in [5.41, 5.74) is 24.8. The van der Waals surface area contributed by atoms with Crippen LogP contribution in [0.1, 0.15) is 211 Å². The minimum absolute atomic E-state index is 0.147. The molecule has 4 aromatic carbocycles. The summed E-state index contributed by atoms with van der Waals surface area (Å²) in [6.07, 6.45) is 8.22. The van der Waals surface area contributed by atoms with Gasteiger partial charge in [-0.25, -0.2) is 51.7 Å². The number of imidazole rings is 5. The molecule has 118 heavy (non-hydrogen) atoms. The first-order chi connectivity index (χ1) is 56.4. The van der Waals surface area contributed by atoms with Crippen molar-refractivity contribution in [3.8, 4) is 45.8 Å². The number of primary amides is 3. The molecule has 4 amide bonds. The van der Waals surface area contributed by atoms with Crippen LogP contribution in [-0.4, -0.2) is 174 Å². The van der Waals surface area contributed by atoms with E-state index in [2.05, 4.69) is 81.2 Å². The van der Waals surface area contributed by atoms with E-state index in [1.807, 2.05) is 79.7 Å². The van der Waals surface area contributed by atoms with E-state index in [0.29, 0.717) is 174 Å². The Bertz CT molecular complexity index is 5520. The van der Waals surface area contributed by atoms with E-state index in [9.17, 15) is 42.0 Å². The minimum Gasteiger partial charge on any atom is -0.493 e. The van der Waals surface area contributed by atoms with Crippen molar-refractivity contribution in [2.24, 2.45) is 17.2 Å². The Hall–Kier alpha value is -12.1. The van der Waals surface area contributed by atoms with Crippen LogP contribution in [0.3, 0.4) is 0 Å². The highest BCUT2D eigenvalue weighted by Crippen LogP contribution is 2.33. The lowest BCUT2D eigenvalue weighted by molar-refractivity contribution is 0.0975. The molecule has 0 bridgehead atoms. The molecule has 0 saturated carbocycles. The number of nitrogens with zero attached hydrogens (tertiary/aromatic N) is 13. The second kappa shape index (κ2) is 44.3. The monoisotopic (exact) mass is 1660 g/mol. The summed E-state index contributed by atoms with van der Waals surface area (Å²) in [4.78, 5) is 115. The van der Waals surface area contributed by atoms with E-state index >= 15 is 0 Å². The third kappa shape index (κ3) is 23.4. The van der Waals surface area contributed by atoms with Crippen LogP contribution in [0.2, 0.25) is 0 Å². The molecule has 0 unspecified atom stereocenters. The number of rotatable bonds is 29. The number of hydrogen-bond acceptors (Lipinski definition) is 22. The number of amides is 4.